The summed E-state index contributed by atoms with van der Waals surface area (Å²) in [6, 6.07) is 1.99. The van der Waals surface area contributed by atoms with E-state index in [9.17, 15) is 0 Å². The Labute approximate surface area is 95.4 Å². The lowest BCUT2D eigenvalue weighted by Crippen LogP contribution is -2.06. The van der Waals surface area contributed by atoms with Crippen LogP contribution in [0.4, 0.5) is 0 Å². The number of halogens is 1. The fraction of sp³-hybridized carbons (Fsp3) is 0.400. The summed E-state index contributed by atoms with van der Waals surface area (Å²) in [4.78, 5) is 8.85. The van der Waals surface area contributed by atoms with Crippen LogP contribution in [-0.4, -0.2) is 27.2 Å². The normalized spacial score (nSPS) is 19.7. The molecule has 0 radical (unpaired) electrons. The van der Waals surface area contributed by atoms with Gasteiger partial charge in [0, 0.05) is 10.7 Å². The van der Waals surface area contributed by atoms with Gasteiger partial charge in [0.2, 0.25) is 0 Å². The zero-order chi connectivity index (χ0) is 10.4. The van der Waals surface area contributed by atoms with Gasteiger partial charge in [-0.05, 0) is 28.9 Å². The number of nitrogens with zero attached hydrogens (tertiary/aromatic N) is 3. The van der Waals surface area contributed by atoms with Gasteiger partial charge >= 0.3 is 0 Å². The van der Waals surface area contributed by atoms with E-state index in [-0.39, 0.29) is 0 Å². The first-order valence-electron chi connectivity index (χ1n) is 4.84. The van der Waals surface area contributed by atoms with Crippen molar-refractivity contribution in [1.82, 2.24) is 14.5 Å². The van der Waals surface area contributed by atoms with Crippen molar-refractivity contribution in [3.8, 4) is 0 Å². The minimum atomic E-state index is 0.353. The second-order valence-electron chi connectivity index (χ2n) is 3.72. The second kappa shape index (κ2) is 3.28. The zero-order valence-electron chi connectivity index (χ0n) is 8.27. The zero-order valence-corrected chi connectivity index (χ0v) is 9.86. The Morgan fingerprint density at radius 1 is 1.67 bits per heavy atom. The van der Waals surface area contributed by atoms with E-state index >= 15 is 0 Å². The summed E-state index contributed by atoms with van der Waals surface area (Å²) < 4.78 is 8.29. The van der Waals surface area contributed by atoms with E-state index in [0.717, 1.165) is 34.6 Å². The largest absolute Gasteiger partial charge is 0.371 e. The molecule has 2 aromatic heterocycles. The predicted molar refractivity (Wildman–Crippen MR) is 59.7 cm³/mol. The Morgan fingerprint density at radius 3 is 3.20 bits per heavy atom. The van der Waals surface area contributed by atoms with Crippen molar-refractivity contribution in [3.63, 3.8) is 0 Å². The number of epoxide rings is 1. The third-order valence-corrected chi connectivity index (χ3v) is 2.96. The smallest absolute Gasteiger partial charge is 0.160 e. The van der Waals surface area contributed by atoms with Crippen molar-refractivity contribution >= 4 is 27.1 Å². The molecule has 0 saturated carbocycles. The summed E-state index contributed by atoms with van der Waals surface area (Å²) in [6.45, 7) is 3.71. The third-order valence-electron chi connectivity index (χ3n) is 2.53. The van der Waals surface area contributed by atoms with Gasteiger partial charge < -0.3 is 9.30 Å². The maximum absolute atomic E-state index is 5.22. The molecule has 1 aliphatic rings. The van der Waals surface area contributed by atoms with Crippen LogP contribution in [0.3, 0.4) is 0 Å². The quantitative estimate of drug-likeness (QED) is 0.781. The number of rotatable bonds is 2. The van der Waals surface area contributed by atoms with Crippen molar-refractivity contribution in [1.29, 1.82) is 0 Å². The number of ether oxygens (including phenoxy) is 1. The molecule has 1 saturated heterocycles. The molecule has 15 heavy (non-hydrogen) atoms. The predicted octanol–water partition coefficient (Wildman–Crippen LogP) is 1.90. The molecule has 2 aromatic rings. The highest BCUT2D eigenvalue weighted by Crippen LogP contribution is 2.21. The number of hydrogen-bond donors (Lipinski definition) is 0. The van der Waals surface area contributed by atoms with Crippen LogP contribution in [0.2, 0.25) is 0 Å². The van der Waals surface area contributed by atoms with Crippen LogP contribution < -0.4 is 0 Å². The number of hydrogen-bond acceptors (Lipinski definition) is 3. The Kier molecular flexibility index (Phi) is 2.03. The van der Waals surface area contributed by atoms with Gasteiger partial charge in [-0.25, -0.2) is 9.97 Å². The van der Waals surface area contributed by atoms with Gasteiger partial charge in [-0.3, -0.25) is 0 Å². The molecule has 0 unspecified atom stereocenters. The maximum Gasteiger partial charge on any atom is 0.160 e. The molecular weight excluding hydrogens is 258 g/mol. The summed E-state index contributed by atoms with van der Waals surface area (Å²) in [7, 11) is 0. The van der Waals surface area contributed by atoms with Gasteiger partial charge in [0.15, 0.2) is 5.65 Å². The first-order chi connectivity index (χ1) is 7.24. The first-order valence-corrected chi connectivity index (χ1v) is 5.63. The van der Waals surface area contributed by atoms with Gasteiger partial charge in [0.1, 0.15) is 11.3 Å². The standard InChI is InChI=1S/C10H10BrN3O/c1-6-13-9-2-7(11)3-12-10(9)14(6)4-8-5-15-8/h2-3,8H,4-5H2,1H3/t8-/m0/s1. The fourth-order valence-corrected chi connectivity index (χ4v) is 2.01. The molecule has 0 spiro atoms. The summed E-state index contributed by atoms with van der Waals surface area (Å²) in [5, 5.41) is 0. The maximum atomic E-state index is 5.22. The highest BCUT2D eigenvalue weighted by Gasteiger charge is 2.24. The van der Waals surface area contributed by atoms with Crippen LogP contribution >= 0.6 is 15.9 Å². The van der Waals surface area contributed by atoms with Gasteiger partial charge in [0.05, 0.1) is 19.3 Å². The average Bonchev–Trinajstić information content (AvgIpc) is 2.93. The Hall–Kier alpha value is -0.940. The van der Waals surface area contributed by atoms with Crippen molar-refractivity contribution in [2.45, 2.75) is 19.6 Å². The lowest BCUT2D eigenvalue weighted by molar-refractivity contribution is 0.383. The van der Waals surface area contributed by atoms with Crippen LogP contribution in [0.1, 0.15) is 5.82 Å². The molecular formula is C10H10BrN3O. The Morgan fingerprint density at radius 2 is 2.47 bits per heavy atom. The SMILES string of the molecule is Cc1nc2cc(Br)cnc2n1C[C@H]1CO1. The molecule has 0 aromatic carbocycles. The van der Waals surface area contributed by atoms with Crippen molar-refractivity contribution in [2.24, 2.45) is 0 Å². The summed E-state index contributed by atoms with van der Waals surface area (Å²) in [6.07, 6.45) is 2.15. The van der Waals surface area contributed by atoms with Gasteiger partial charge in [-0.15, -0.1) is 0 Å². The van der Waals surface area contributed by atoms with Crippen LogP contribution in [0, 0.1) is 6.92 Å². The van der Waals surface area contributed by atoms with Crippen molar-refractivity contribution < 1.29 is 4.74 Å². The third kappa shape index (κ3) is 1.66. The van der Waals surface area contributed by atoms with Gasteiger partial charge in [-0.2, -0.15) is 0 Å². The molecule has 1 atom stereocenters. The molecule has 1 fully saturated rings. The van der Waals surface area contributed by atoms with Gasteiger partial charge in [-0.1, -0.05) is 0 Å². The van der Waals surface area contributed by atoms with E-state index in [2.05, 4.69) is 30.5 Å². The second-order valence-corrected chi connectivity index (χ2v) is 4.64. The number of pyridine rings is 1. The molecule has 0 amide bonds. The number of imidazole rings is 1. The van der Waals surface area contributed by atoms with Crippen LogP contribution in [0.5, 0.6) is 0 Å². The number of aromatic nitrogens is 3. The Balaban J connectivity index is 2.13. The summed E-state index contributed by atoms with van der Waals surface area (Å²) >= 11 is 3.39. The lowest BCUT2D eigenvalue weighted by atomic mass is 10.4. The van der Waals surface area contributed by atoms with Gasteiger partial charge in [0.25, 0.3) is 0 Å². The molecule has 5 heteroatoms. The summed E-state index contributed by atoms with van der Waals surface area (Å²) in [5.74, 6) is 0.992. The molecule has 0 bridgehead atoms. The topological polar surface area (TPSA) is 43.2 Å². The Bertz CT molecular complexity index is 519. The summed E-state index contributed by atoms with van der Waals surface area (Å²) in [5.41, 5.74) is 1.87. The molecule has 78 valence electrons. The molecule has 3 rings (SSSR count). The minimum Gasteiger partial charge on any atom is -0.371 e. The van der Waals surface area contributed by atoms with Crippen LogP contribution in [-0.2, 0) is 11.3 Å². The fourth-order valence-electron chi connectivity index (χ4n) is 1.70. The van der Waals surface area contributed by atoms with Crippen molar-refractivity contribution in [3.05, 3.63) is 22.6 Å². The number of aryl methyl sites for hydroxylation is 1. The first kappa shape index (κ1) is 9.30. The van der Waals surface area contributed by atoms with E-state index in [4.69, 9.17) is 4.74 Å². The molecule has 1 aliphatic heterocycles. The monoisotopic (exact) mass is 267 g/mol. The highest BCUT2D eigenvalue weighted by atomic mass is 79.9. The molecule has 0 N–H and O–H groups in total. The van der Waals surface area contributed by atoms with E-state index in [1.54, 1.807) is 6.20 Å². The van der Waals surface area contributed by atoms with Crippen molar-refractivity contribution in [2.75, 3.05) is 6.61 Å². The van der Waals surface area contributed by atoms with Crippen LogP contribution in [0.15, 0.2) is 16.7 Å². The van der Waals surface area contributed by atoms with E-state index in [1.165, 1.54) is 0 Å². The highest BCUT2D eigenvalue weighted by molar-refractivity contribution is 9.10. The molecule has 3 heterocycles. The van der Waals surface area contributed by atoms with Crippen LogP contribution in [0.25, 0.3) is 11.2 Å². The van der Waals surface area contributed by atoms with E-state index in [0.29, 0.717) is 6.10 Å². The number of fused-ring (bicyclic) bond motifs is 1. The van der Waals surface area contributed by atoms with E-state index < -0.39 is 0 Å². The average molecular weight is 268 g/mol. The lowest BCUT2D eigenvalue weighted by Gasteiger charge is -2.02. The molecule has 0 aliphatic carbocycles. The van der Waals surface area contributed by atoms with E-state index in [1.807, 2.05) is 13.0 Å². The molecule has 4 nitrogen and oxygen atoms in total. The minimum absolute atomic E-state index is 0.353.